The van der Waals surface area contributed by atoms with Crippen LogP contribution in [0.5, 0.6) is 0 Å². The van der Waals surface area contributed by atoms with Gasteiger partial charge in [0.05, 0.1) is 23.8 Å². The van der Waals surface area contributed by atoms with E-state index < -0.39 is 28.9 Å². The highest BCUT2D eigenvalue weighted by Crippen LogP contribution is 2.35. The van der Waals surface area contributed by atoms with Crippen LogP contribution in [0.3, 0.4) is 0 Å². The van der Waals surface area contributed by atoms with E-state index in [-0.39, 0.29) is 36.0 Å². The van der Waals surface area contributed by atoms with E-state index in [9.17, 15) is 29.6 Å². The zero-order valence-electron chi connectivity index (χ0n) is 17.3. The van der Waals surface area contributed by atoms with E-state index >= 15 is 0 Å². The molecule has 32 heavy (non-hydrogen) atoms. The molecule has 168 valence electrons. The van der Waals surface area contributed by atoms with Crippen LogP contribution in [0.1, 0.15) is 35.5 Å². The van der Waals surface area contributed by atoms with E-state index in [1.165, 1.54) is 36.3 Å². The van der Waals surface area contributed by atoms with Gasteiger partial charge in [-0.3, -0.25) is 19.7 Å². The number of ketones is 1. The first-order chi connectivity index (χ1) is 15.3. The fourth-order valence-corrected chi connectivity index (χ4v) is 3.66. The number of amides is 2. The third-order valence-electron chi connectivity index (χ3n) is 5.14. The molecular weight excluding hydrogens is 420 g/mol. The highest BCUT2D eigenvalue weighted by atomic mass is 16.6. The molecule has 1 aromatic heterocycles. The van der Waals surface area contributed by atoms with Gasteiger partial charge in [-0.1, -0.05) is 12.1 Å². The molecule has 3 rings (SSSR count). The second-order valence-electron chi connectivity index (χ2n) is 7.27. The van der Waals surface area contributed by atoms with Crippen LogP contribution < -0.4 is 5.32 Å². The first-order valence-electron chi connectivity index (χ1n) is 9.90. The average molecular weight is 442 g/mol. The number of hydrogen-bond donors (Lipinski definition) is 2. The van der Waals surface area contributed by atoms with Crippen molar-refractivity contribution in [2.75, 3.05) is 19.6 Å². The first-order valence-corrected chi connectivity index (χ1v) is 9.90. The van der Waals surface area contributed by atoms with Gasteiger partial charge in [0.15, 0.2) is 5.76 Å². The van der Waals surface area contributed by atoms with Gasteiger partial charge in [-0.05, 0) is 37.6 Å². The van der Waals surface area contributed by atoms with E-state index in [0.717, 1.165) is 0 Å². The number of carbonyl (C=O) groups excluding carboxylic acids is 2. The summed E-state index contributed by atoms with van der Waals surface area (Å²) in [7, 11) is 0. The smallest absolute Gasteiger partial charge is 0.344 e. The molecule has 2 heterocycles. The van der Waals surface area contributed by atoms with E-state index in [4.69, 9.17) is 4.42 Å². The maximum atomic E-state index is 12.6. The lowest BCUT2D eigenvalue weighted by Gasteiger charge is -2.37. The minimum atomic E-state index is -1.18. The number of carbonyl (C=O) groups is 3. The molecule has 0 fully saturated rings. The Kier molecular flexibility index (Phi) is 7.11. The Labute approximate surface area is 182 Å². The van der Waals surface area contributed by atoms with E-state index in [0.29, 0.717) is 18.5 Å². The van der Waals surface area contributed by atoms with Gasteiger partial charge in [0.25, 0.3) is 5.69 Å². The Morgan fingerprint density at radius 3 is 2.75 bits per heavy atom. The molecular formula is C21H22N4O7. The lowest BCUT2D eigenvalue weighted by atomic mass is 9.86. The van der Waals surface area contributed by atoms with Crippen molar-refractivity contribution in [2.24, 2.45) is 10.9 Å². The molecule has 11 nitrogen and oxygen atoms in total. The molecule has 0 saturated heterocycles. The summed E-state index contributed by atoms with van der Waals surface area (Å²) in [5, 5.41) is 23.9. The van der Waals surface area contributed by atoms with Gasteiger partial charge in [-0.15, -0.1) is 0 Å². The number of carboxylic acids is 1. The fraction of sp³-hybridized carbons (Fsp3) is 0.333. The van der Waals surface area contributed by atoms with Crippen molar-refractivity contribution in [1.82, 2.24) is 10.2 Å². The van der Waals surface area contributed by atoms with Gasteiger partial charge in [0.2, 0.25) is 5.78 Å². The van der Waals surface area contributed by atoms with Crippen LogP contribution in [-0.2, 0) is 4.79 Å². The van der Waals surface area contributed by atoms with Gasteiger partial charge < -0.3 is 19.7 Å². The highest BCUT2D eigenvalue weighted by molar-refractivity contribution is 6.07. The molecule has 1 aromatic carbocycles. The maximum Gasteiger partial charge on any atom is 0.344 e. The van der Waals surface area contributed by atoms with Crippen LogP contribution in [0, 0.1) is 16.0 Å². The number of aliphatic imine (C=N–C) groups is 1. The van der Waals surface area contributed by atoms with Crippen LogP contribution >= 0.6 is 0 Å². The third-order valence-corrected chi connectivity index (χ3v) is 5.14. The molecule has 2 atom stereocenters. The van der Waals surface area contributed by atoms with Crippen LogP contribution in [0.2, 0.25) is 0 Å². The highest BCUT2D eigenvalue weighted by Gasteiger charge is 2.42. The summed E-state index contributed by atoms with van der Waals surface area (Å²) in [4.78, 5) is 52.3. The SMILES string of the molecule is CC1=NC(=O)N(CCCNCC(=O)c2ccco2)C(c2cccc([N+](=O)[O-])c2)C1C(=O)O. The summed E-state index contributed by atoms with van der Waals surface area (Å²) < 4.78 is 5.03. The van der Waals surface area contributed by atoms with Gasteiger partial charge in [-0.25, -0.2) is 9.79 Å². The molecule has 2 N–H and O–H groups in total. The predicted octanol–water partition coefficient (Wildman–Crippen LogP) is 2.69. The molecule has 0 bridgehead atoms. The minimum Gasteiger partial charge on any atom is -0.481 e. The lowest BCUT2D eigenvalue weighted by Crippen LogP contribution is -2.47. The summed E-state index contributed by atoms with van der Waals surface area (Å²) in [5.74, 6) is -2.29. The summed E-state index contributed by atoms with van der Waals surface area (Å²) in [6, 6.07) is 7.22. The molecule has 0 aliphatic carbocycles. The van der Waals surface area contributed by atoms with Crippen molar-refractivity contribution in [2.45, 2.75) is 19.4 Å². The monoisotopic (exact) mass is 442 g/mol. The Morgan fingerprint density at radius 1 is 1.31 bits per heavy atom. The minimum absolute atomic E-state index is 0.0464. The Morgan fingerprint density at radius 2 is 2.09 bits per heavy atom. The van der Waals surface area contributed by atoms with Gasteiger partial charge in [0, 0.05) is 24.4 Å². The summed E-state index contributed by atoms with van der Waals surface area (Å²) >= 11 is 0. The van der Waals surface area contributed by atoms with Crippen LogP contribution in [0.15, 0.2) is 52.1 Å². The van der Waals surface area contributed by atoms with Gasteiger partial charge in [-0.2, -0.15) is 0 Å². The molecule has 0 saturated carbocycles. The first kappa shape index (κ1) is 22.8. The number of carboxylic acid groups (broad SMARTS) is 1. The number of rotatable bonds is 10. The number of benzene rings is 1. The van der Waals surface area contributed by atoms with Crippen molar-refractivity contribution in [3.8, 4) is 0 Å². The molecule has 2 amide bonds. The topological polar surface area (TPSA) is 155 Å². The summed E-state index contributed by atoms with van der Waals surface area (Å²) in [6.07, 6.45) is 1.81. The average Bonchev–Trinajstić information content (AvgIpc) is 3.29. The van der Waals surface area contributed by atoms with Crippen molar-refractivity contribution >= 4 is 29.2 Å². The Bertz CT molecular complexity index is 1050. The van der Waals surface area contributed by atoms with Crippen LogP contribution in [-0.4, -0.2) is 58.1 Å². The number of nitrogens with one attached hydrogen (secondary N) is 1. The second-order valence-corrected chi connectivity index (χ2v) is 7.27. The van der Waals surface area contributed by atoms with Crippen molar-refractivity contribution in [3.05, 3.63) is 64.1 Å². The van der Waals surface area contributed by atoms with Crippen molar-refractivity contribution in [3.63, 3.8) is 0 Å². The number of nitro benzene ring substituents is 1. The maximum absolute atomic E-state index is 12.6. The van der Waals surface area contributed by atoms with Crippen LogP contribution in [0.25, 0.3) is 0 Å². The molecule has 0 radical (unpaired) electrons. The van der Waals surface area contributed by atoms with Gasteiger partial charge >= 0.3 is 12.0 Å². The molecule has 2 aromatic rings. The van der Waals surface area contributed by atoms with Crippen LogP contribution in [0.4, 0.5) is 10.5 Å². The number of furan rings is 1. The Hall–Kier alpha value is -3.86. The van der Waals surface area contributed by atoms with E-state index in [1.807, 2.05) is 0 Å². The second kappa shape index (κ2) is 9.96. The number of nitro groups is 1. The number of non-ortho nitro benzene ring substituents is 1. The van der Waals surface area contributed by atoms with Crippen molar-refractivity contribution in [1.29, 1.82) is 0 Å². The molecule has 1 aliphatic heterocycles. The molecule has 2 unspecified atom stereocenters. The van der Waals surface area contributed by atoms with E-state index in [1.54, 1.807) is 18.2 Å². The normalized spacial score (nSPS) is 18.3. The largest absolute Gasteiger partial charge is 0.481 e. The van der Waals surface area contributed by atoms with Crippen molar-refractivity contribution < 1.29 is 28.8 Å². The number of aliphatic carboxylic acids is 1. The number of Topliss-reactive ketones (excluding diaryl/α,β-unsaturated/α-hetero) is 1. The Balaban J connectivity index is 1.73. The lowest BCUT2D eigenvalue weighted by molar-refractivity contribution is -0.385. The predicted molar refractivity (Wildman–Crippen MR) is 113 cm³/mol. The van der Waals surface area contributed by atoms with Gasteiger partial charge in [0.1, 0.15) is 5.92 Å². The number of hydrogen-bond acceptors (Lipinski definition) is 7. The standard InChI is InChI=1S/C21H22N4O7/c1-13-18(20(27)28)19(14-5-2-6-15(11-14)25(30)31)24(21(29)23-13)9-4-8-22-12-16(26)17-7-3-10-32-17/h2-3,5-7,10-11,18-19,22H,4,8-9,12H2,1H3,(H,27,28). The molecule has 1 aliphatic rings. The molecule has 0 spiro atoms. The zero-order valence-corrected chi connectivity index (χ0v) is 17.3. The van der Waals surface area contributed by atoms with E-state index in [2.05, 4.69) is 10.3 Å². The summed E-state index contributed by atoms with van der Waals surface area (Å²) in [5.41, 5.74) is 0.282. The number of nitrogens with zero attached hydrogens (tertiary/aromatic N) is 3. The fourth-order valence-electron chi connectivity index (χ4n) is 3.66. The third kappa shape index (κ3) is 5.06. The summed E-state index contributed by atoms with van der Waals surface area (Å²) in [6.45, 7) is 2.03. The quantitative estimate of drug-likeness (QED) is 0.246. The number of urea groups is 1. The molecule has 11 heteroatoms. The zero-order chi connectivity index (χ0) is 23.3.